The molecule has 0 amide bonds. The van der Waals surface area contributed by atoms with Crippen molar-refractivity contribution in [2.45, 2.75) is 117 Å². The minimum Gasteiger partial charge on any atom is -0.311 e. The summed E-state index contributed by atoms with van der Waals surface area (Å²) in [7, 11) is 0. The van der Waals surface area contributed by atoms with Gasteiger partial charge < -0.3 is 9.80 Å². The minimum atomic E-state index is -0.431. The average molecular weight is 1030 g/mol. The Labute approximate surface area is 467 Å². The Morgan fingerprint density at radius 1 is 0.423 bits per heavy atom. The van der Waals surface area contributed by atoms with Crippen LogP contribution in [0.3, 0.4) is 0 Å². The third kappa shape index (κ3) is 6.94. The zero-order valence-electron chi connectivity index (χ0n) is 47.7. The number of rotatable bonds is 3. The van der Waals surface area contributed by atoms with Gasteiger partial charge in [-0.05, 0) is 178 Å². The summed E-state index contributed by atoms with van der Waals surface area (Å²) in [4.78, 5) is 5.27. The quantitative estimate of drug-likeness (QED) is 0.163. The first-order chi connectivity index (χ1) is 37.1. The number of nitrogens with zero attached hydrogens (tertiary/aromatic N) is 2. The molecule has 0 saturated carbocycles. The van der Waals surface area contributed by atoms with Crippen LogP contribution < -0.4 is 25.5 Å². The molecule has 4 aliphatic rings. The van der Waals surface area contributed by atoms with Crippen molar-refractivity contribution in [1.82, 2.24) is 0 Å². The zero-order valence-corrected chi connectivity index (χ0v) is 48.5. The third-order valence-corrected chi connectivity index (χ3v) is 19.1. The van der Waals surface area contributed by atoms with Gasteiger partial charge in [-0.1, -0.05) is 210 Å². The van der Waals surface area contributed by atoms with Crippen molar-refractivity contribution in [3.63, 3.8) is 0 Å². The predicted molar refractivity (Wildman–Crippen MR) is 337 cm³/mol. The molecule has 0 saturated heterocycles. The van der Waals surface area contributed by atoms with Gasteiger partial charge in [0.2, 0.25) is 0 Å². The zero-order chi connectivity index (χ0) is 54.2. The first-order valence-electron chi connectivity index (χ1n) is 28.3. The molecule has 9 aromatic carbocycles. The first kappa shape index (κ1) is 48.9. The fraction of sp³-hybridized carbons (Fsp3) is 0.243. The number of hydrogen-bond acceptors (Lipinski definition) is 3. The molecule has 4 heteroatoms. The van der Waals surface area contributed by atoms with Crippen LogP contribution in [0.5, 0.6) is 0 Å². The summed E-state index contributed by atoms with van der Waals surface area (Å²) >= 11 is 2.02. The van der Waals surface area contributed by atoms with E-state index >= 15 is 0 Å². The van der Waals surface area contributed by atoms with Gasteiger partial charge in [0.05, 0.1) is 11.1 Å². The molecule has 0 fully saturated rings. The Kier molecular flexibility index (Phi) is 10.4. The highest BCUT2D eigenvalue weighted by Crippen LogP contribution is 2.64. The normalized spacial score (nSPS) is 14.8. The fourth-order valence-corrected chi connectivity index (χ4v) is 15.6. The van der Waals surface area contributed by atoms with E-state index in [-0.39, 0.29) is 28.4 Å². The minimum absolute atomic E-state index is 0.0162. The molecule has 78 heavy (non-hydrogen) atoms. The largest absolute Gasteiger partial charge is 0.311 e. The summed E-state index contributed by atoms with van der Waals surface area (Å²) < 4.78 is 2.71. The number of aryl methyl sites for hydroxylation is 1. The van der Waals surface area contributed by atoms with Crippen LogP contribution in [0.1, 0.15) is 133 Å². The Hall–Kier alpha value is -7.40. The molecule has 2 aliphatic heterocycles. The summed E-state index contributed by atoms with van der Waals surface area (Å²) in [6.07, 6.45) is 0. The predicted octanol–water partition coefficient (Wildman–Crippen LogP) is 18.5. The van der Waals surface area contributed by atoms with Crippen LogP contribution >= 0.6 is 11.3 Å². The maximum absolute atomic E-state index is 2.65. The fourth-order valence-electron chi connectivity index (χ4n) is 14.2. The summed E-state index contributed by atoms with van der Waals surface area (Å²) in [6.45, 7) is 30.4. The Balaban J connectivity index is 1.09. The van der Waals surface area contributed by atoms with Gasteiger partial charge in [-0.25, -0.2) is 0 Å². The van der Waals surface area contributed by atoms with Crippen LogP contribution in [-0.2, 0) is 27.1 Å². The third-order valence-electron chi connectivity index (χ3n) is 17.9. The Bertz CT molecular complexity index is 4070. The van der Waals surface area contributed by atoms with Crippen LogP contribution in [0.15, 0.2) is 182 Å². The number of anilines is 6. The highest BCUT2D eigenvalue weighted by Gasteiger charge is 2.53. The van der Waals surface area contributed by atoms with Crippen LogP contribution in [0, 0.1) is 6.92 Å². The van der Waals surface area contributed by atoms with E-state index in [9.17, 15) is 0 Å². The van der Waals surface area contributed by atoms with Gasteiger partial charge in [-0.3, -0.25) is 0 Å². The molecule has 384 valence electrons. The second-order valence-electron chi connectivity index (χ2n) is 27.0. The summed E-state index contributed by atoms with van der Waals surface area (Å²) in [5.41, 5.74) is 29.7. The van der Waals surface area contributed by atoms with E-state index in [4.69, 9.17) is 0 Å². The molecule has 3 heterocycles. The van der Waals surface area contributed by atoms with Gasteiger partial charge in [0.1, 0.15) is 0 Å². The molecular formula is C74H69BN2S. The average Bonchev–Trinajstić information content (AvgIpc) is 4.16. The molecule has 0 N–H and O–H groups in total. The van der Waals surface area contributed by atoms with Gasteiger partial charge in [-0.15, -0.1) is 11.3 Å². The van der Waals surface area contributed by atoms with Crippen LogP contribution in [0.25, 0.3) is 43.5 Å². The second kappa shape index (κ2) is 16.6. The standard InChI is InChI=1S/C74H69BN2S/c1-44-39-63-67-64(40-44)77(49-36-32-47(33-37-49)71(5,6)7)68-54-42-53-52-23-16-19-26-57(52)74(55-24-17-14-21-50(55)51-22-15-18-25-56(51)74)60(53)43-65(54)78-69(68)75(67)61-38-29-45(66-58(72(8,9)10)27-20-28-59(66)73(11,12)13)41-62(61)76(63)48-34-30-46(31-35-48)70(2,3)4/h14-43H,1-13H3. The molecule has 0 bridgehead atoms. The van der Waals surface area contributed by atoms with Crippen LogP contribution in [0.4, 0.5) is 34.1 Å². The first-order valence-corrected chi connectivity index (χ1v) is 29.1. The summed E-state index contributed by atoms with van der Waals surface area (Å²) in [6, 6.07) is 71.4. The molecule has 2 nitrogen and oxygen atoms in total. The lowest BCUT2D eigenvalue weighted by Crippen LogP contribution is -2.60. The molecule has 1 spiro atoms. The van der Waals surface area contributed by atoms with Gasteiger partial charge in [0, 0.05) is 43.3 Å². The lowest BCUT2D eigenvalue weighted by atomic mass is 9.36. The lowest BCUT2D eigenvalue weighted by molar-refractivity contribution is 0.572. The highest BCUT2D eigenvalue weighted by atomic mass is 32.1. The molecule has 1 aromatic heterocycles. The van der Waals surface area contributed by atoms with Gasteiger partial charge >= 0.3 is 0 Å². The summed E-state index contributed by atoms with van der Waals surface area (Å²) in [5, 5.41) is 1.31. The van der Waals surface area contributed by atoms with Crippen LogP contribution in [-0.4, -0.2) is 6.71 Å². The molecule has 0 unspecified atom stereocenters. The molecule has 2 aliphatic carbocycles. The van der Waals surface area contributed by atoms with E-state index in [1.165, 1.54) is 143 Å². The monoisotopic (exact) mass is 1030 g/mol. The Morgan fingerprint density at radius 2 is 0.910 bits per heavy atom. The molecule has 0 radical (unpaired) electrons. The van der Waals surface area contributed by atoms with Crippen molar-refractivity contribution in [1.29, 1.82) is 0 Å². The van der Waals surface area contributed by atoms with Crippen molar-refractivity contribution >= 4 is 78.0 Å². The molecular weight excluding hydrogens is 960 g/mol. The maximum Gasteiger partial charge on any atom is 0.264 e. The molecule has 10 aromatic rings. The maximum atomic E-state index is 2.65. The SMILES string of the molecule is Cc1cc2c3c(c1)N(c1ccc(C(C)(C)C)cc1)c1c(sc4cc5c(cc14)-c1ccccc1C51c4ccccc4-c4ccccc41)B3c1ccc(-c3c(C(C)(C)C)cccc3C(C)(C)C)cc1N2c1ccc(C(C)(C)C)cc1. The van der Waals surface area contributed by atoms with Crippen molar-refractivity contribution in [3.8, 4) is 33.4 Å². The highest BCUT2D eigenvalue weighted by molar-refractivity contribution is 7.33. The lowest BCUT2D eigenvalue weighted by Gasteiger charge is -2.43. The number of fused-ring (bicyclic) bond motifs is 16. The van der Waals surface area contributed by atoms with Crippen molar-refractivity contribution < 1.29 is 0 Å². The van der Waals surface area contributed by atoms with E-state index in [0.29, 0.717) is 0 Å². The molecule has 14 rings (SSSR count). The van der Waals surface area contributed by atoms with Gasteiger partial charge in [0.15, 0.2) is 0 Å². The second-order valence-corrected chi connectivity index (χ2v) is 28.1. The van der Waals surface area contributed by atoms with E-state index < -0.39 is 5.41 Å². The number of hydrogen-bond donors (Lipinski definition) is 0. The topological polar surface area (TPSA) is 6.48 Å². The van der Waals surface area contributed by atoms with Crippen molar-refractivity contribution in [2.75, 3.05) is 9.80 Å². The van der Waals surface area contributed by atoms with E-state index in [0.717, 1.165) is 0 Å². The number of benzene rings is 9. The van der Waals surface area contributed by atoms with E-state index in [1.54, 1.807) is 0 Å². The van der Waals surface area contributed by atoms with E-state index in [2.05, 4.69) is 282 Å². The number of thiophene rings is 1. The van der Waals surface area contributed by atoms with Gasteiger partial charge in [-0.2, -0.15) is 0 Å². The van der Waals surface area contributed by atoms with Crippen molar-refractivity contribution in [2.24, 2.45) is 0 Å². The van der Waals surface area contributed by atoms with Crippen LogP contribution in [0.2, 0.25) is 0 Å². The van der Waals surface area contributed by atoms with E-state index in [1.807, 2.05) is 11.3 Å². The van der Waals surface area contributed by atoms with Gasteiger partial charge in [0.25, 0.3) is 6.71 Å². The smallest absolute Gasteiger partial charge is 0.264 e. The Morgan fingerprint density at radius 3 is 1.42 bits per heavy atom. The summed E-state index contributed by atoms with van der Waals surface area (Å²) in [5.74, 6) is 0. The molecule has 0 atom stereocenters. The van der Waals surface area contributed by atoms with Crippen molar-refractivity contribution in [3.05, 3.63) is 232 Å².